The summed E-state index contributed by atoms with van der Waals surface area (Å²) in [4.78, 5) is 4.36. The Morgan fingerprint density at radius 2 is 2.00 bits per heavy atom. The molecule has 0 fully saturated rings. The Balaban J connectivity index is 0.000000980. The molecule has 0 amide bonds. The summed E-state index contributed by atoms with van der Waals surface area (Å²) in [6.45, 7) is 1.58. The molecule has 0 unspecified atom stereocenters. The zero-order valence-electron chi connectivity index (χ0n) is 7.66. The van der Waals surface area contributed by atoms with Gasteiger partial charge in [-0.25, -0.2) is 0 Å². The average Bonchev–Trinajstić information content (AvgIpc) is 2.39. The second-order valence-corrected chi connectivity index (χ2v) is 3.29. The molecule has 76 valence electrons. The molecule has 1 heterocycles. The normalized spacial score (nSPS) is 14.2. The maximum Gasteiger partial charge on any atom is 0.112 e. The lowest BCUT2D eigenvalue weighted by Crippen LogP contribution is -2.22. The Morgan fingerprint density at radius 3 is 2.71 bits per heavy atom. The number of fused-ring (bicyclic) bond motifs is 1. The van der Waals surface area contributed by atoms with Gasteiger partial charge in [0.25, 0.3) is 0 Å². The minimum absolute atomic E-state index is 0. The number of benzene rings is 1. The van der Waals surface area contributed by atoms with Crippen LogP contribution in [-0.2, 0) is 13.1 Å². The van der Waals surface area contributed by atoms with Crippen molar-refractivity contribution in [2.75, 3.05) is 5.88 Å². The van der Waals surface area contributed by atoms with E-state index in [4.69, 9.17) is 11.6 Å². The number of halogens is 2. The standard InChI is InChI=1S/C10H11ClN2.ClH/c11-5-10-12-6-8-3-1-2-4-9(8)7-13-10;/h1-4H,5-7H2,(H,12,13);1H. The van der Waals surface area contributed by atoms with E-state index in [-0.39, 0.29) is 12.4 Å². The van der Waals surface area contributed by atoms with E-state index in [1.54, 1.807) is 0 Å². The second kappa shape index (κ2) is 5.23. The highest BCUT2D eigenvalue weighted by Gasteiger charge is 2.06. The molecule has 0 saturated heterocycles. The van der Waals surface area contributed by atoms with Crippen LogP contribution in [0, 0.1) is 0 Å². The van der Waals surface area contributed by atoms with Gasteiger partial charge in [-0.1, -0.05) is 24.3 Å². The molecule has 1 aromatic carbocycles. The van der Waals surface area contributed by atoms with Crippen LogP contribution in [0.15, 0.2) is 29.3 Å². The Labute approximate surface area is 94.8 Å². The number of aliphatic imine (C=N–C) groups is 1. The molecule has 1 N–H and O–H groups in total. The molecule has 0 saturated carbocycles. The van der Waals surface area contributed by atoms with Crippen molar-refractivity contribution in [3.8, 4) is 0 Å². The van der Waals surface area contributed by atoms with Crippen LogP contribution in [-0.4, -0.2) is 11.7 Å². The summed E-state index contributed by atoms with van der Waals surface area (Å²) in [5.41, 5.74) is 2.60. The highest BCUT2D eigenvalue weighted by molar-refractivity contribution is 6.28. The monoisotopic (exact) mass is 230 g/mol. The number of hydrogen-bond acceptors (Lipinski definition) is 2. The van der Waals surface area contributed by atoms with Crippen LogP contribution < -0.4 is 5.32 Å². The fraction of sp³-hybridized carbons (Fsp3) is 0.300. The minimum atomic E-state index is 0. The van der Waals surface area contributed by atoms with Gasteiger partial charge in [-0.05, 0) is 11.1 Å². The average molecular weight is 231 g/mol. The predicted octanol–water partition coefficient (Wildman–Crippen LogP) is 2.35. The summed E-state index contributed by atoms with van der Waals surface area (Å²) in [5.74, 6) is 1.35. The van der Waals surface area contributed by atoms with Crippen molar-refractivity contribution < 1.29 is 0 Å². The Hall–Kier alpha value is -0.730. The van der Waals surface area contributed by atoms with Gasteiger partial charge in [0, 0.05) is 6.54 Å². The minimum Gasteiger partial charge on any atom is -0.369 e. The fourth-order valence-electron chi connectivity index (χ4n) is 1.41. The first kappa shape index (κ1) is 11.3. The van der Waals surface area contributed by atoms with E-state index in [1.807, 2.05) is 12.1 Å². The largest absolute Gasteiger partial charge is 0.369 e. The van der Waals surface area contributed by atoms with Gasteiger partial charge in [-0.2, -0.15) is 0 Å². The SMILES string of the molecule is Cl.ClCC1=NCc2ccccc2CN1. The smallest absolute Gasteiger partial charge is 0.112 e. The fourth-order valence-corrected chi connectivity index (χ4v) is 1.59. The van der Waals surface area contributed by atoms with Gasteiger partial charge in [-0.3, -0.25) is 4.99 Å². The molecule has 0 aliphatic carbocycles. The van der Waals surface area contributed by atoms with Crippen LogP contribution in [0.2, 0.25) is 0 Å². The summed E-state index contributed by atoms with van der Waals surface area (Å²) in [6, 6.07) is 8.32. The van der Waals surface area contributed by atoms with Gasteiger partial charge < -0.3 is 5.32 Å². The highest BCUT2D eigenvalue weighted by atomic mass is 35.5. The van der Waals surface area contributed by atoms with Crippen molar-refractivity contribution in [2.45, 2.75) is 13.1 Å². The van der Waals surface area contributed by atoms with Crippen LogP contribution in [0.4, 0.5) is 0 Å². The molecule has 1 aromatic rings. The first-order valence-electron chi connectivity index (χ1n) is 4.30. The number of hydrogen-bond donors (Lipinski definition) is 1. The molecule has 0 atom stereocenters. The molecule has 2 nitrogen and oxygen atoms in total. The lowest BCUT2D eigenvalue weighted by molar-refractivity contribution is 0.916. The molecule has 1 aliphatic heterocycles. The van der Waals surface area contributed by atoms with Crippen LogP contribution >= 0.6 is 24.0 Å². The van der Waals surface area contributed by atoms with E-state index in [0.717, 1.165) is 18.9 Å². The highest BCUT2D eigenvalue weighted by Crippen LogP contribution is 2.12. The molecule has 2 rings (SSSR count). The van der Waals surface area contributed by atoms with Crippen LogP contribution in [0.3, 0.4) is 0 Å². The van der Waals surface area contributed by atoms with E-state index in [0.29, 0.717) is 5.88 Å². The van der Waals surface area contributed by atoms with Crippen molar-refractivity contribution in [1.29, 1.82) is 0 Å². The topological polar surface area (TPSA) is 24.4 Å². The molecule has 0 spiro atoms. The Bertz CT molecular complexity index is 337. The molecule has 14 heavy (non-hydrogen) atoms. The summed E-state index contributed by atoms with van der Waals surface area (Å²) >= 11 is 5.70. The third-order valence-electron chi connectivity index (χ3n) is 2.17. The van der Waals surface area contributed by atoms with Crippen LogP contribution in [0.25, 0.3) is 0 Å². The van der Waals surface area contributed by atoms with E-state index >= 15 is 0 Å². The summed E-state index contributed by atoms with van der Waals surface area (Å²) in [6.07, 6.45) is 0. The number of amidine groups is 1. The third-order valence-corrected chi connectivity index (χ3v) is 2.42. The first-order chi connectivity index (χ1) is 6.40. The zero-order chi connectivity index (χ0) is 9.10. The number of nitrogens with one attached hydrogen (secondary N) is 1. The summed E-state index contributed by atoms with van der Waals surface area (Å²) in [5, 5.41) is 3.21. The van der Waals surface area contributed by atoms with Crippen molar-refractivity contribution in [3.05, 3.63) is 35.4 Å². The summed E-state index contributed by atoms with van der Waals surface area (Å²) in [7, 11) is 0. The van der Waals surface area contributed by atoms with Crippen LogP contribution in [0.5, 0.6) is 0 Å². The lowest BCUT2D eigenvalue weighted by atomic mass is 10.1. The maximum atomic E-state index is 5.70. The molecule has 0 aromatic heterocycles. The third kappa shape index (κ3) is 2.40. The molecule has 0 bridgehead atoms. The predicted molar refractivity (Wildman–Crippen MR) is 62.4 cm³/mol. The van der Waals surface area contributed by atoms with Crippen molar-refractivity contribution in [2.24, 2.45) is 4.99 Å². The van der Waals surface area contributed by atoms with Gasteiger partial charge >= 0.3 is 0 Å². The molecule has 0 radical (unpaired) electrons. The van der Waals surface area contributed by atoms with E-state index < -0.39 is 0 Å². The van der Waals surface area contributed by atoms with Gasteiger partial charge in [0.2, 0.25) is 0 Å². The zero-order valence-corrected chi connectivity index (χ0v) is 9.24. The lowest BCUT2D eigenvalue weighted by Gasteiger charge is -2.04. The summed E-state index contributed by atoms with van der Waals surface area (Å²) < 4.78 is 0. The first-order valence-corrected chi connectivity index (χ1v) is 4.83. The van der Waals surface area contributed by atoms with Crippen molar-refractivity contribution >= 4 is 29.8 Å². The second-order valence-electron chi connectivity index (χ2n) is 3.02. The quantitative estimate of drug-likeness (QED) is 0.737. The van der Waals surface area contributed by atoms with Gasteiger partial charge in [0.05, 0.1) is 12.4 Å². The van der Waals surface area contributed by atoms with Gasteiger partial charge in [0.1, 0.15) is 5.84 Å². The maximum absolute atomic E-state index is 5.70. The molecular formula is C10H12Cl2N2. The Kier molecular flexibility index (Phi) is 4.23. The molecular weight excluding hydrogens is 219 g/mol. The van der Waals surface area contributed by atoms with Crippen LogP contribution in [0.1, 0.15) is 11.1 Å². The van der Waals surface area contributed by atoms with E-state index in [1.165, 1.54) is 11.1 Å². The van der Waals surface area contributed by atoms with E-state index in [9.17, 15) is 0 Å². The number of alkyl halides is 1. The van der Waals surface area contributed by atoms with Gasteiger partial charge in [0.15, 0.2) is 0 Å². The van der Waals surface area contributed by atoms with Crippen molar-refractivity contribution in [3.63, 3.8) is 0 Å². The Morgan fingerprint density at radius 1 is 1.29 bits per heavy atom. The van der Waals surface area contributed by atoms with Crippen molar-refractivity contribution in [1.82, 2.24) is 5.32 Å². The molecule has 1 aliphatic rings. The van der Waals surface area contributed by atoms with E-state index in [2.05, 4.69) is 22.4 Å². The van der Waals surface area contributed by atoms with Gasteiger partial charge in [-0.15, -0.1) is 24.0 Å². The molecule has 4 heteroatoms. The number of rotatable bonds is 1. The number of nitrogens with zero attached hydrogens (tertiary/aromatic N) is 1.